The Morgan fingerprint density at radius 1 is 1.58 bits per heavy atom. The number of hydrogen-bond acceptors (Lipinski definition) is 2. The Morgan fingerprint density at radius 2 is 2.33 bits per heavy atom. The summed E-state index contributed by atoms with van der Waals surface area (Å²) in [4.78, 5) is 10.6. The third-order valence-corrected chi connectivity index (χ3v) is 2.14. The maximum absolute atomic E-state index is 10.6. The van der Waals surface area contributed by atoms with Gasteiger partial charge in [0.15, 0.2) is 0 Å². The fourth-order valence-corrected chi connectivity index (χ4v) is 1.18. The fourth-order valence-electron chi connectivity index (χ4n) is 1.18. The van der Waals surface area contributed by atoms with E-state index in [0.717, 1.165) is 12.3 Å². The summed E-state index contributed by atoms with van der Waals surface area (Å²) < 4.78 is 4.46. The summed E-state index contributed by atoms with van der Waals surface area (Å²) in [5.74, 6) is 0.748. The largest absolute Gasteiger partial charge is 0.466 e. The van der Waals surface area contributed by atoms with Gasteiger partial charge in [-0.1, -0.05) is 25.3 Å². The van der Waals surface area contributed by atoms with E-state index in [9.17, 15) is 4.79 Å². The van der Waals surface area contributed by atoms with Crippen LogP contribution >= 0.6 is 0 Å². The van der Waals surface area contributed by atoms with Gasteiger partial charge in [-0.3, -0.25) is 0 Å². The quantitative estimate of drug-likeness (QED) is 0.357. The Hall–Kier alpha value is -0.790. The number of rotatable bonds is 5. The van der Waals surface area contributed by atoms with Crippen LogP contribution < -0.4 is 0 Å². The molecule has 68 valence electrons. The topological polar surface area (TPSA) is 26.3 Å². The van der Waals surface area contributed by atoms with Gasteiger partial charge in [0.1, 0.15) is 0 Å². The molecular formula is C10H16O2. The summed E-state index contributed by atoms with van der Waals surface area (Å²) in [6.07, 6.45) is 9.78. The Labute approximate surface area is 73.6 Å². The van der Waals surface area contributed by atoms with Crippen LogP contribution in [-0.4, -0.2) is 13.1 Å². The number of unbranched alkanes of at least 4 members (excludes halogenated alkanes) is 1. The first-order valence-corrected chi connectivity index (χ1v) is 4.57. The van der Waals surface area contributed by atoms with Gasteiger partial charge in [0.25, 0.3) is 0 Å². The maximum atomic E-state index is 10.6. The van der Waals surface area contributed by atoms with Crippen LogP contribution in [0.15, 0.2) is 12.2 Å². The molecule has 0 aromatic carbocycles. The predicted molar refractivity (Wildman–Crippen MR) is 47.7 cm³/mol. The van der Waals surface area contributed by atoms with E-state index in [1.165, 1.54) is 38.9 Å². The lowest BCUT2D eigenvalue weighted by Gasteiger charge is -1.92. The minimum atomic E-state index is -0.249. The molecule has 0 saturated heterocycles. The molecule has 0 radical (unpaired) electrons. The van der Waals surface area contributed by atoms with Crippen molar-refractivity contribution >= 4 is 5.97 Å². The first-order valence-electron chi connectivity index (χ1n) is 4.57. The van der Waals surface area contributed by atoms with Crippen LogP contribution in [0.2, 0.25) is 0 Å². The number of allylic oxidation sites excluding steroid dienone is 1. The van der Waals surface area contributed by atoms with Gasteiger partial charge in [-0.2, -0.15) is 0 Å². The van der Waals surface area contributed by atoms with Crippen molar-refractivity contribution in [2.75, 3.05) is 7.11 Å². The first-order chi connectivity index (χ1) is 5.83. The highest BCUT2D eigenvalue weighted by molar-refractivity contribution is 5.81. The molecule has 0 amide bonds. The molecule has 0 aromatic heterocycles. The number of hydrogen-bond donors (Lipinski definition) is 0. The van der Waals surface area contributed by atoms with Crippen molar-refractivity contribution in [2.45, 2.75) is 32.1 Å². The number of carbonyl (C=O) groups excluding carboxylic acids is 1. The first kappa shape index (κ1) is 9.30. The van der Waals surface area contributed by atoms with Crippen LogP contribution in [-0.2, 0) is 9.53 Å². The summed E-state index contributed by atoms with van der Waals surface area (Å²) in [6, 6.07) is 0. The Bertz CT molecular complexity index is 169. The minimum absolute atomic E-state index is 0.249. The zero-order valence-electron chi connectivity index (χ0n) is 7.58. The van der Waals surface area contributed by atoms with E-state index in [4.69, 9.17) is 0 Å². The van der Waals surface area contributed by atoms with Crippen molar-refractivity contribution in [3.8, 4) is 0 Å². The maximum Gasteiger partial charge on any atom is 0.330 e. The van der Waals surface area contributed by atoms with Crippen LogP contribution in [0.3, 0.4) is 0 Å². The molecule has 0 unspecified atom stereocenters. The molecular weight excluding hydrogens is 152 g/mol. The second kappa shape index (κ2) is 4.96. The molecule has 1 fully saturated rings. The lowest BCUT2D eigenvalue weighted by atomic mass is 10.2. The van der Waals surface area contributed by atoms with Gasteiger partial charge in [0, 0.05) is 6.08 Å². The van der Waals surface area contributed by atoms with Crippen molar-refractivity contribution in [1.82, 2.24) is 0 Å². The zero-order valence-corrected chi connectivity index (χ0v) is 7.58. The highest BCUT2D eigenvalue weighted by Gasteiger charge is 2.19. The average molecular weight is 168 g/mol. The summed E-state index contributed by atoms with van der Waals surface area (Å²) in [5, 5.41) is 0. The summed E-state index contributed by atoms with van der Waals surface area (Å²) in [7, 11) is 1.40. The van der Waals surface area contributed by atoms with Gasteiger partial charge in [-0.05, 0) is 18.8 Å². The smallest absolute Gasteiger partial charge is 0.330 e. The van der Waals surface area contributed by atoms with Gasteiger partial charge >= 0.3 is 5.97 Å². The predicted octanol–water partition coefficient (Wildman–Crippen LogP) is 2.30. The van der Waals surface area contributed by atoms with Crippen LogP contribution in [0.5, 0.6) is 0 Å². The Morgan fingerprint density at radius 3 is 2.92 bits per heavy atom. The number of esters is 1. The van der Waals surface area contributed by atoms with E-state index in [1.807, 2.05) is 6.08 Å². The monoisotopic (exact) mass is 168 g/mol. The highest BCUT2D eigenvalue weighted by Crippen LogP contribution is 2.33. The van der Waals surface area contributed by atoms with E-state index in [0.29, 0.717) is 0 Å². The van der Waals surface area contributed by atoms with Crippen LogP contribution in [0, 0.1) is 5.92 Å². The van der Waals surface area contributed by atoms with Gasteiger partial charge in [0.2, 0.25) is 0 Å². The van der Waals surface area contributed by atoms with Crippen molar-refractivity contribution in [3.05, 3.63) is 12.2 Å². The fraction of sp³-hybridized carbons (Fsp3) is 0.700. The minimum Gasteiger partial charge on any atom is -0.466 e. The highest BCUT2D eigenvalue weighted by atomic mass is 16.5. The standard InChI is InChI=1S/C10H16O2/c1-12-10(11)6-4-2-3-5-9-7-8-9/h4,6,9H,2-3,5,7-8H2,1H3. The second-order valence-electron chi connectivity index (χ2n) is 3.30. The van der Waals surface area contributed by atoms with Gasteiger partial charge in [-0.25, -0.2) is 4.79 Å². The average Bonchev–Trinajstić information content (AvgIpc) is 2.87. The summed E-state index contributed by atoms with van der Waals surface area (Å²) in [5.41, 5.74) is 0. The third-order valence-electron chi connectivity index (χ3n) is 2.14. The van der Waals surface area contributed by atoms with Crippen LogP contribution in [0.25, 0.3) is 0 Å². The molecule has 0 N–H and O–H groups in total. The zero-order chi connectivity index (χ0) is 8.81. The second-order valence-corrected chi connectivity index (χ2v) is 3.30. The molecule has 1 aliphatic rings. The molecule has 2 heteroatoms. The van der Waals surface area contributed by atoms with Gasteiger partial charge in [-0.15, -0.1) is 0 Å². The molecule has 2 nitrogen and oxygen atoms in total. The van der Waals surface area contributed by atoms with Crippen LogP contribution in [0.1, 0.15) is 32.1 Å². The van der Waals surface area contributed by atoms with E-state index in [2.05, 4.69) is 4.74 Å². The molecule has 12 heavy (non-hydrogen) atoms. The normalized spacial score (nSPS) is 16.8. The Kier molecular flexibility index (Phi) is 3.85. The molecule has 0 aromatic rings. The summed E-state index contributed by atoms with van der Waals surface area (Å²) >= 11 is 0. The SMILES string of the molecule is COC(=O)C=CCCCC1CC1. The van der Waals surface area contributed by atoms with E-state index in [1.54, 1.807) is 0 Å². The molecule has 0 spiro atoms. The van der Waals surface area contributed by atoms with Crippen molar-refractivity contribution in [3.63, 3.8) is 0 Å². The third kappa shape index (κ3) is 4.16. The molecule has 0 aliphatic heterocycles. The molecule has 1 saturated carbocycles. The lowest BCUT2D eigenvalue weighted by Crippen LogP contribution is -1.93. The molecule has 0 heterocycles. The van der Waals surface area contributed by atoms with Crippen molar-refractivity contribution in [1.29, 1.82) is 0 Å². The Balaban J connectivity index is 1.92. The molecule has 1 aliphatic carbocycles. The van der Waals surface area contributed by atoms with Gasteiger partial charge in [0.05, 0.1) is 7.11 Å². The van der Waals surface area contributed by atoms with E-state index < -0.39 is 0 Å². The van der Waals surface area contributed by atoms with Crippen molar-refractivity contribution < 1.29 is 9.53 Å². The van der Waals surface area contributed by atoms with Crippen molar-refractivity contribution in [2.24, 2.45) is 5.92 Å². The van der Waals surface area contributed by atoms with Gasteiger partial charge < -0.3 is 4.74 Å². The molecule has 0 atom stereocenters. The number of methoxy groups -OCH3 is 1. The molecule has 0 bridgehead atoms. The van der Waals surface area contributed by atoms with E-state index in [-0.39, 0.29) is 5.97 Å². The number of carbonyl (C=O) groups is 1. The number of ether oxygens (including phenoxy) is 1. The lowest BCUT2D eigenvalue weighted by molar-refractivity contribution is -0.134. The summed E-state index contributed by atoms with van der Waals surface area (Å²) in [6.45, 7) is 0. The molecule has 1 rings (SSSR count). The van der Waals surface area contributed by atoms with Crippen LogP contribution in [0.4, 0.5) is 0 Å². The van der Waals surface area contributed by atoms with E-state index >= 15 is 0 Å².